The van der Waals surface area contributed by atoms with E-state index in [4.69, 9.17) is 0 Å². The van der Waals surface area contributed by atoms with Gasteiger partial charge >= 0.3 is 0 Å². The number of pyridine rings is 1. The first-order valence-electron chi connectivity index (χ1n) is 6.55. The van der Waals surface area contributed by atoms with Crippen LogP contribution >= 0.6 is 11.3 Å². The Labute approximate surface area is 113 Å². The van der Waals surface area contributed by atoms with Crippen molar-refractivity contribution in [2.45, 2.75) is 32.2 Å². The fourth-order valence-corrected chi connectivity index (χ4v) is 2.73. The predicted octanol–water partition coefficient (Wildman–Crippen LogP) is 3.82. The molecular weight excluding hydrogens is 240 g/mol. The zero-order valence-electron chi connectivity index (χ0n) is 10.8. The van der Waals surface area contributed by atoms with Crippen molar-refractivity contribution in [1.29, 1.82) is 0 Å². The highest BCUT2D eigenvalue weighted by Gasteiger charge is 2.11. The van der Waals surface area contributed by atoms with Gasteiger partial charge in [-0.15, -0.1) is 0 Å². The first-order valence-corrected chi connectivity index (χ1v) is 7.50. The van der Waals surface area contributed by atoms with Crippen LogP contribution in [-0.4, -0.2) is 11.5 Å². The van der Waals surface area contributed by atoms with E-state index >= 15 is 0 Å². The second kappa shape index (κ2) is 7.29. The van der Waals surface area contributed by atoms with Crippen LogP contribution in [0.15, 0.2) is 41.2 Å². The third kappa shape index (κ3) is 3.93. The summed E-state index contributed by atoms with van der Waals surface area (Å²) in [5.41, 5.74) is 2.58. The molecule has 2 rings (SSSR count). The first kappa shape index (κ1) is 13.2. The average Bonchev–Trinajstić information content (AvgIpc) is 2.94. The second-order valence-electron chi connectivity index (χ2n) is 4.42. The highest BCUT2D eigenvalue weighted by atomic mass is 32.1. The van der Waals surface area contributed by atoms with E-state index in [0.717, 1.165) is 19.4 Å². The Bertz CT molecular complexity index is 425. The first-order chi connectivity index (χ1) is 8.90. The molecule has 1 atom stereocenters. The molecule has 18 heavy (non-hydrogen) atoms. The van der Waals surface area contributed by atoms with E-state index in [9.17, 15) is 0 Å². The summed E-state index contributed by atoms with van der Waals surface area (Å²) in [5.74, 6) is 0. The largest absolute Gasteiger partial charge is 0.310 e. The van der Waals surface area contributed by atoms with Crippen LogP contribution in [-0.2, 0) is 6.42 Å². The third-order valence-corrected chi connectivity index (χ3v) is 3.70. The highest BCUT2D eigenvalue weighted by Crippen LogP contribution is 2.21. The molecule has 0 saturated heterocycles. The van der Waals surface area contributed by atoms with E-state index in [1.165, 1.54) is 17.7 Å². The number of aryl methyl sites for hydroxylation is 1. The smallest absolute Gasteiger partial charge is 0.0404 e. The van der Waals surface area contributed by atoms with Gasteiger partial charge in [-0.05, 0) is 60.3 Å². The summed E-state index contributed by atoms with van der Waals surface area (Å²) in [6, 6.07) is 8.80. The Morgan fingerprint density at radius 3 is 2.94 bits per heavy atom. The Kier molecular flexibility index (Phi) is 5.36. The maximum Gasteiger partial charge on any atom is 0.0404 e. The molecular formula is C15H20N2S. The molecule has 0 aliphatic rings. The zero-order valence-corrected chi connectivity index (χ0v) is 11.6. The molecule has 0 fully saturated rings. The van der Waals surface area contributed by atoms with Crippen molar-refractivity contribution in [2.24, 2.45) is 0 Å². The topological polar surface area (TPSA) is 24.9 Å². The molecule has 0 aliphatic carbocycles. The van der Waals surface area contributed by atoms with Crippen LogP contribution in [0.3, 0.4) is 0 Å². The third-order valence-electron chi connectivity index (χ3n) is 3.00. The van der Waals surface area contributed by atoms with Crippen LogP contribution in [0, 0.1) is 0 Å². The highest BCUT2D eigenvalue weighted by molar-refractivity contribution is 7.07. The lowest BCUT2D eigenvalue weighted by atomic mass is 10.0. The number of rotatable bonds is 7. The van der Waals surface area contributed by atoms with E-state index in [1.54, 1.807) is 11.3 Å². The standard InChI is InChI=1S/C15H20N2S/c1-2-9-17-15(13-8-11-18-12-13)7-6-14-5-3-4-10-16-14/h3-5,8,10-12,15,17H,2,6-7,9H2,1H3. The van der Waals surface area contributed by atoms with Crippen molar-refractivity contribution >= 4 is 11.3 Å². The molecule has 0 bridgehead atoms. The van der Waals surface area contributed by atoms with Gasteiger partial charge in [-0.3, -0.25) is 4.98 Å². The van der Waals surface area contributed by atoms with Crippen molar-refractivity contribution in [1.82, 2.24) is 10.3 Å². The fourth-order valence-electron chi connectivity index (χ4n) is 2.02. The number of aromatic nitrogens is 1. The quantitative estimate of drug-likeness (QED) is 0.818. The fraction of sp³-hybridized carbons (Fsp3) is 0.400. The minimum Gasteiger partial charge on any atom is -0.310 e. The molecule has 2 aromatic heterocycles. The molecule has 1 N–H and O–H groups in total. The lowest BCUT2D eigenvalue weighted by Crippen LogP contribution is -2.22. The Morgan fingerprint density at radius 1 is 1.33 bits per heavy atom. The number of hydrogen-bond acceptors (Lipinski definition) is 3. The van der Waals surface area contributed by atoms with Crippen molar-refractivity contribution in [3.8, 4) is 0 Å². The van der Waals surface area contributed by atoms with Gasteiger partial charge in [0.2, 0.25) is 0 Å². The summed E-state index contributed by atoms with van der Waals surface area (Å²) in [4.78, 5) is 4.39. The van der Waals surface area contributed by atoms with Crippen molar-refractivity contribution in [3.63, 3.8) is 0 Å². The van der Waals surface area contributed by atoms with Gasteiger partial charge in [0.05, 0.1) is 0 Å². The number of nitrogens with zero attached hydrogens (tertiary/aromatic N) is 1. The molecule has 0 amide bonds. The van der Waals surface area contributed by atoms with Gasteiger partial charge in [0, 0.05) is 17.9 Å². The van der Waals surface area contributed by atoms with Gasteiger partial charge < -0.3 is 5.32 Å². The summed E-state index contributed by atoms with van der Waals surface area (Å²) < 4.78 is 0. The molecule has 1 unspecified atom stereocenters. The molecule has 0 radical (unpaired) electrons. The minimum atomic E-state index is 0.457. The number of thiophene rings is 1. The van der Waals surface area contributed by atoms with E-state index in [-0.39, 0.29) is 0 Å². The van der Waals surface area contributed by atoms with Crippen LogP contribution in [0.5, 0.6) is 0 Å². The molecule has 2 aromatic rings. The van der Waals surface area contributed by atoms with Crippen molar-refractivity contribution in [2.75, 3.05) is 6.54 Å². The Balaban J connectivity index is 1.93. The normalized spacial score (nSPS) is 12.5. The molecule has 0 aromatic carbocycles. The second-order valence-corrected chi connectivity index (χ2v) is 5.20. The van der Waals surface area contributed by atoms with Gasteiger partial charge in [0.25, 0.3) is 0 Å². The Hall–Kier alpha value is -1.19. The predicted molar refractivity (Wildman–Crippen MR) is 77.9 cm³/mol. The van der Waals surface area contributed by atoms with E-state index < -0.39 is 0 Å². The molecule has 3 heteroatoms. The van der Waals surface area contributed by atoms with E-state index in [1.807, 2.05) is 12.3 Å². The minimum absolute atomic E-state index is 0.457. The lowest BCUT2D eigenvalue weighted by molar-refractivity contribution is 0.498. The monoisotopic (exact) mass is 260 g/mol. The molecule has 0 spiro atoms. The van der Waals surface area contributed by atoms with Gasteiger partial charge in [0.15, 0.2) is 0 Å². The summed E-state index contributed by atoms with van der Waals surface area (Å²) >= 11 is 1.77. The Morgan fingerprint density at radius 2 is 2.28 bits per heavy atom. The molecule has 2 heterocycles. The SMILES string of the molecule is CCCNC(CCc1ccccn1)c1ccsc1. The molecule has 2 nitrogen and oxygen atoms in total. The zero-order chi connectivity index (χ0) is 12.6. The maximum absolute atomic E-state index is 4.39. The van der Waals surface area contributed by atoms with Crippen LogP contribution in [0.25, 0.3) is 0 Å². The average molecular weight is 260 g/mol. The number of hydrogen-bond donors (Lipinski definition) is 1. The lowest BCUT2D eigenvalue weighted by Gasteiger charge is -2.17. The van der Waals surface area contributed by atoms with Gasteiger partial charge in [-0.25, -0.2) is 0 Å². The van der Waals surface area contributed by atoms with Crippen LogP contribution in [0.2, 0.25) is 0 Å². The van der Waals surface area contributed by atoms with Gasteiger partial charge in [-0.1, -0.05) is 13.0 Å². The number of nitrogens with one attached hydrogen (secondary N) is 1. The van der Waals surface area contributed by atoms with Crippen molar-refractivity contribution in [3.05, 3.63) is 52.5 Å². The summed E-state index contributed by atoms with van der Waals surface area (Å²) in [7, 11) is 0. The maximum atomic E-state index is 4.39. The van der Waals surface area contributed by atoms with Crippen LogP contribution < -0.4 is 5.32 Å². The summed E-state index contributed by atoms with van der Waals surface area (Å²) in [5, 5.41) is 8.01. The van der Waals surface area contributed by atoms with Gasteiger partial charge in [0.1, 0.15) is 0 Å². The summed E-state index contributed by atoms with van der Waals surface area (Å²) in [6.07, 6.45) is 5.17. The molecule has 0 saturated carbocycles. The summed E-state index contributed by atoms with van der Waals surface area (Å²) in [6.45, 7) is 3.28. The van der Waals surface area contributed by atoms with E-state index in [2.05, 4.69) is 46.2 Å². The van der Waals surface area contributed by atoms with Gasteiger partial charge in [-0.2, -0.15) is 11.3 Å². The molecule has 0 aliphatic heterocycles. The molecule has 96 valence electrons. The van der Waals surface area contributed by atoms with E-state index in [0.29, 0.717) is 6.04 Å². The van der Waals surface area contributed by atoms with Crippen molar-refractivity contribution < 1.29 is 0 Å². The van der Waals surface area contributed by atoms with Crippen LogP contribution in [0.4, 0.5) is 0 Å². The van der Waals surface area contributed by atoms with Crippen LogP contribution in [0.1, 0.15) is 37.1 Å².